The van der Waals surface area contributed by atoms with E-state index in [0.717, 1.165) is 22.7 Å². The van der Waals surface area contributed by atoms with Crippen molar-refractivity contribution in [3.05, 3.63) is 17.2 Å². The highest BCUT2D eigenvalue weighted by atomic mass is 32.1. The molecule has 0 unspecified atom stereocenters. The molecule has 4 rings (SSSR count). The molecule has 0 aromatic carbocycles. The first-order valence-electron chi connectivity index (χ1n) is 7.77. The minimum Gasteiger partial charge on any atom is -0.299 e. The number of aromatic nitrogens is 2. The van der Waals surface area contributed by atoms with Crippen LogP contribution in [-0.4, -0.2) is 39.4 Å². The normalized spacial score (nSPS) is 26.5. The van der Waals surface area contributed by atoms with Gasteiger partial charge in [-0.05, 0) is 25.7 Å². The zero-order valence-electron chi connectivity index (χ0n) is 12.4. The number of rotatable bonds is 4. The minimum atomic E-state index is -0.406. The molecular weight excluding hydrogens is 316 g/mol. The zero-order chi connectivity index (χ0) is 16.0. The molecule has 8 heteroatoms. The molecule has 23 heavy (non-hydrogen) atoms. The van der Waals surface area contributed by atoms with Crippen LogP contribution in [-0.2, 0) is 14.4 Å². The van der Waals surface area contributed by atoms with E-state index >= 15 is 0 Å². The highest BCUT2D eigenvalue weighted by molar-refractivity contribution is 7.15. The van der Waals surface area contributed by atoms with Gasteiger partial charge in [-0.3, -0.25) is 24.6 Å². The maximum Gasteiger partial charge on any atom is 0.246 e. The van der Waals surface area contributed by atoms with E-state index < -0.39 is 5.91 Å². The van der Waals surface area contributed by atoms with Crippen molar-refractivity contribution >= 4 is 34.2 Å². The lowest BCUT2D eigenvalue weighted by atomic mass is 9.85. The van der Waals surface area contributed by atoms with Crippen LogP contribution in [0, 0.1) is 11.8 Å². The topological polar surface area (TPSA) is 92.3 Å². The van der Waals surface area contributed by atoms with E-state index in [-0.39, 0.29) is 30.2 Å². The number of allylic oxidation sites excluding steroid dienone is 2. The number of amides is 3. The second-order valence-corrected chi connectivity index (χ2v) is 7.20. The summed E-state index contributed by atoms with van der Waals surface area (Å²) in [5.74, 6) is -1.01. The standard InChI is InChI=1S/C15H16N4O3S/c20-11(16-15-18-17-12(23-15)8-5-6-8)7-19-13(21)9-3-1-2-4-10(9)14(19)22/h1-2,8-10H,3-7H2,(H,16,18,20)/t9-,10+. The van der Waals surface area contributed by atoms with Gasteiger partial charge in [0, 0.05) is 5.92 Å². The van der Waals surface area contributed by atoms with Gasteiger partial charge in [-0.15, -0.1) is 10.2 Å². The predicted octanol–water partition coefficient (Wildman–Crippen LogP) is 1.31. The largest absolute Gasteiger partial charge is 0.299 e. The number of carbonyl (C=O) groups is 3. The lowest BCUT2D eigenvalue weighted by Crippen LogP contribution is -2.38. The van der Waals surface area contributed by atoms with Gasteiger partial charge < -0.3 is 0 Å². The van der Waals surface area contributed by atoms with Crippen LogP contribution in [0.1, 0.15) is 36.6 Å². The molecule has 1 N–H and O–H groups in total. The smallest absolute Gasteiger partial charge is 0.246 e. The Morgan fingerprint density at radius 3 is 2.43 bits per heavy atom. The summed E-state index contributed by atoms with van der Waals surface area (Å²) in [6.07, 6.45) is 7.25. The van der Waals surface area contributed by atoms with Gasteiger partial charge in [0.25, 0.3) is 0 Å². The summed E-state index contributed by atoms with van der Waals surface area (Å²) in [4.78, 5) is 37.8. The summed E-state index contributed by atoms with van der Waals surface area (Å²) in [5.41, 5.74) is 0. The van der Waals surface area contributed by atoms with E-state index in [1.165, 1.54) is 11.3 Å². The number of fused-ring (bicyclic) bond motifs is 1. The molecule has 1 saturated heterocycles. The molecule has 0 radical (unpaired) electrons. The van der Waals surface area contributed by atoms with E-state index in [0.29, 0.717) is 23.9 Å². The van der Waals surface area contributed by atoms with Gasteiger partial charge in [0.2, 0.25) is 22.9 Å². The van der Waals surface area contributed by atoms with Crippen molar-refractivity contribution < 1.29 is 14.4 Å². The van der Waals surface area contributed by atoms with E-state index in [9.17, 15) is 14.4 Å². The summed E-state index contributed by atoms with van der Waals surface area (Å²) in [6, 6.07) is 0. The van der Waals surface area contributed by atoms with Crippen LogP contribution in [0.15, 0.2) is 12.2 Å². The predicted molar refractivity (Wildman–Crippen MR) is 82.6 cm³/mol. The van der Waals surface area contributed by atoms with Gasteiger partial charge in [0.1, 0.15) is 11.6 Å². The van der Waals surface area contributed by atoms with E-state index in [4.69, 9.17) is 0 Å². The van der Waals surface area contributed by atoms with Crippen molar-refractivity contribution in [2.24, 2.45) is 11.8 Å². The zero-order valence-corrected chi connectivity index (χ0v) is 13.2. The lowest BCUT2D eigenvalue weighted by molar-refractivity contribution is -0.142. The first-order chi connectivity index (χ1) is 11.1. The van der Waals surface area contributed by atoms with Crippen LogP contribution >= 0.6 is 11.3 Å². The summed E-state index contributed by atoms with van der Waals surface area (Å²) >= 11 is 1.36. The Hall–Kier alpha value is -2.09. The molecule has 2 aliphatic carbocycles. The van der Waals surface area contributed by atoms with E-state index in [1.54, 1.807) is 0 Å². The quantitative estimate of drug-likeness (QED) is 0.663. The molecule has 0 bridgehead atoms. The van der Waals surface area contributed by atoms with Crippen molar-refractivity contribution in [1.29, 1.82) is 0 Å². The first kappa shape index (κ1) is 14.5. The maximum atomic E-state index is 12.3. The van der Waals surface area contributed by atoms with Crippen molar-refractivity contribution in [2.75, 3.05) is 11.9 Å². The molecule has 3 aliphatic rings. The molecular formula is C15H16N4O3S. The average Bonchev–Trinajstić information content (AvgIpc) is 3.26. The minimum absolute atomic E-state index is 0.240. The van der Waals surface area contributed by atoms with Crippen molar-refractivity contribution in [1.82, 2.24) is 15.1 Å². The van der Waals surface area contributed by atoms with Crippen LogP contribution < -0.4 is 5.32 Å². The first-order valence-corrected chi connectivity index (χ1v) is 8.58. The van der Waals surface area contributed by atoms with Crippen molar-refractivity contribution in [2.45, 2.75) is 31.6 Å². The Morgan fingerprint density at radius 2 is 1.83 bits per heavy atom. The molecule has 0 spiro atoms. The van der Waals surface area contributed by atoms with Gasteiger partial charge in [0.05, 0.1) is 11.8 Å². The fourth-order valence-electron chi connectivity index (χ4n) is 3.11. The number of hydrogen-bond donors (Lipinski definition) is 1. The van der Waals surface area contributed by atoms with Gasteiger partial charge in [0.15, 0.2) is 0 Å². The molecule has 1 aromatic rings. The highest BCUT2D eigenvalue weighted by Crippen LogP contribution is 2.42. The Bertz CT molecular complexity index is 683. The summed E-state index contributed by atoms with van der Waals surface area (Å²) in [7, 11) is 0. The molecule has 2 heterocycles. The Morgan fingerprint density at radius 1 is 1.17 bits per heavy atom. The molecule has 1 saturated carbocycles. The van der Waals surface area contributed by atoms with Crippen LogP contribution in [0.2, 0.25) is 0 Å². The van der Waals surface area contributed by atoms with Gasteiger partial charge >= 0.3 is 0 Å². The molecule has 2 atom stereocenters. The second kappa shape index (κ2) is 5.52. The number of nitrogens with one attached hydrogen (secondary N) is 1. The molecule has 7 nitrogen and oxygen atoms in total. The van der Waals surface area contributed by atoms with Crippen LogP contribution in [0.25, 0.3) is 0 Å². The van der Waals surface area contributed by atoms with Crippen LogP contribution in [0.3, 0.4) is 0 Å². The Kier molecular flexibility index (Phi) is 3.48. The molecule has 3 amide bonds. The van der Waals surface area contributed by atoms with E-state index in [2.05, 4.69) is 15.5 Å². The third-order valence-corrected chi connectivity index (χ3v) is 5.52. The third-order valence-electron chi connectivity index (χ3n) is 4.51. The van der Waals surface area contributed by atoms with Crippen LogP contribution in [0.4, 0.5) is 5.13 Å². The van der Waals surface area contributed by atoms with Gasteiger partial charge in [-0.25, -0.2) is 0 Å². The van der Waals surface area contributed by atoms with Gasteiger partial charge in [-0.1, -0.05) is 23.5 Å². The molecule has 120 valence electrons. The highest BCUT2D eigenvalue weighted by Gasteiger charge is 2.47. The third kappa shape index (κ3) is 2.67. The lowest BCUT2D eigenvalue weighted by Gasteiger charge is -2.14. The number of nitrogens with zero attached hydrogens (tertiary/aromatic N) is 3. The number of likely N-dealkylation sites (tertiary alicyclic amines) is 1. The molecule has 1 aromatic heterocycles. The number of hydrogen-bond acceptors (Lipinski definition) is 6. The summed E-state index contributed by atoms with van der Waals surface area (Å²) in [5, 5.41) is 12.0. The summed E-state index contributed by atoms with van der Waals surface area (Å²) in [6.45, 7) is -0.247. The maximum absolute atomic E-state index is 12.3. The number of carbonyl (C=O) groups excluding carboxylic acids is 3. The fraction of sp³-hybridized carbons (Fsp3) is 0.533. The van der Waals surface area contributed by atoms with E-state index in [1.807, 2.05) is 12.2 Å². The summed E-state index contributed by atoms with van der Waals surface area (Å²) < 4.78 is 0. The van der Waals surface area contributed by atoms with Crippen molar-refractivity contribution in [3.8, 4) is 0 Å². The Labute approximate surface area is 136 Å². The van der Waals surface area contributed by atoms with Crippen molar-refractivity contribution in [3.63, 3.8) is 0 Å². The number of imide groups is 1. The average molecular weight is 332 g/mol. The SMILES string of the molecule is O=C(CN1C(=O)[C@H]2CC=CC[C@H]2C1=O)Nc1nnc(C2CC2)s1. The second-order valence-electron chi connectivity index (χ2n) is 6.19. The monoisotopic (exact) mass is 332 g/mol. The molecule has 1 aliphatic heterocycles. The van der Waals surface area contributed by atoms with Crippen LogP contribution in [0.5, 0.6) is 0 Å². The fourth-order valence-corrected chi connectivity index (χ4v) is 4.04. The Balaban J connectivity index is 1.40. The van der Waals surface area contributed by atoms with Gasteiger partial charge in [-0.2, -0.15) is 0 Å². The number of anilines is 1. The molecule has 2 fully saturated rings.